The molecule has 0 aromatic heterocycles. The van der Waals surface area contributed by atoms with Crippen LogP contribution in [0.3, 0.4) is 0 Å². The molecule has 1 saturated heterocycles. The molecule has 5 heteroatoms. The number of amidine groups is 1. The van der Waals surface area contributed by atoms with Gasteiger partial charge < -0.3 is 10.6 Å². The normalized spacial score (nSPS) is 27.0. The average Bonchev–Trinajstić information content (AvgIpc) is 2.28. The van der Waals surface area contributed by atoms with E-state index in [0.717, 1.165) is 25.9 Å². The van der Waals surface area contributed by atoms with Crippen molar-refractivity contribution in [3.05, 3.63) is 0 Å². The van der Waals surface area contributed by atoms with Gasteiger partial charge in [0.2, 0.25) is 5.91 Å². The van der Waals surface area contributed by atoms with Crippen molar-refractivity contribution in [1.82, 2.24) is 10.6 Å². The fraction of sp³-hybridized carbons (Fsp3) is 0.750. The van der Waals surface area contributed by atoms with Crippen molar-refractivity contribution in [1.29, 1.82) is 0 Å². The first-order chi connectivity index (χ1) is 8.09. The minimum atomic E-state index is -0.611. The summed E-state index contributed by atoms with van der Waals surface area (Å²) in [5, 5.41) is 6.06. The molecule has 17 heavy (non-hydrogen) atoms. The van der Waals surface area contributed by atoms with Crippen LogP contribution in [0.1, 0.15) is 26.7 Å². The van der Waals surface area contributed by atoms with E-state index in [1.54, 1.807) is 0 Å². The topological polar surface area (TPSA) is 70.6 Å². The van der Waals surface area contributed by atoms with Crippen molar-refractivity contribution in [3.8, 4) is 0 Å². The summed E-state index contributed by atoms with van der Waals surface area (Å²) in [4.78, 5) is 27.8. The predicted octanol–water partition coefficient (Wildman–Crippen LogP) is 0.313. The first-order valence-electron chi connectivity index (χ1n) is 6.23. The van der Waals surface area contributed by atoms with E-state index >= 15 is 0 Å². The lowest BCUT2D eigenvalue weighted by Gasteiger charge is -2.29. The van der Waals surface area contributed by atoms with Crippen molar-refractivity contribution in [2.24, 2.45) is 22.7 Å². The predicted molar refractivity (Wildman–Crippen MR) is 64.5 cm³/mol. The number of nitrogens with one attached hydrogen (secondary N) is 2. The van der Waals surface area contributed by atoms with E-state index in [-0.39, 0.29) is 23.7 Å². The van der Waals surface area contributed by atoms with Crippen LogP contribution < -0.4 is 10.6 Å². The quantitative estimate of drug-likeness (QED) is 0.679. The number of hydrogen-bond acceptors (Lipinski definition) is 3. The number of carbonyl (C=O) groups is 2. The summed E-state index contributed by atoms with van der Waals surface area (Å²) < 4.78 is 0. The Hall–Kier alpha value is -1.23. The minimum absolute atomic E-state index is 0.000762. The van der Waals surface area contributed by atoms with Gasteiger partial charge in [-0.25, -0.2) is 0 Å². The zero-order chi connectivity index (χ0) is 12.4. The van der Waals surface area contributed by atoms with E-state index in [9.17, 15) is 9.59 Å². The highest BCUT2D eigenvalue weighted by molar-refractivity contribution is 6.16. The van der Waals surface area contributed by atoms with Crippen LogP contribution in [-0.4, -0.2) is 30.7 Å². The molecule has 1 atom stereocenters. The Balaban J connectivity index is 2.13. The molecule has 2 aliphatic heterocycles. The van der Waals surface area contributed by atoms with Crippen molar-refractivity contribution in [2.75, 3.05) is 13.1 Å². The zero-order valence-electron chi connectivity index (χ0n) is 10.3. The lowest BCUT2D eigenvalue weighted by molar-refractivity contribution is -0.135. The lowest BCUT2D eigenvalue weighted by atomic mass is 9.90. The molecule has 2 rings (SSSR count). The van der Waals surface area contributed by atoms with Crippen LogP contribution >= 0.6 is 0 Å². The number of aliphatic imine (C=N–C) groups is 1. The first kappa shape index (κ1) is 12.2. The summed E-state index contributed by atoms with van der Waals surface area (Å²) in [5.41, 5.74) is 0. The van der Waals surface area contributed by atoms with Gasteiger partial charge in [0.1, 0.15) is 11.8 Å². The van der Waals surface area contributed by atoms with E-state index in [1.807, 2.05) is 13.8 Å². The van der Waals surface area contributed by atoms with Crippen molar-refractivity contribution >= 4 is 17.6 Å². The molecule has 2 heterocycles. The molecule has 0 saturated carbocycles. The Bertz CT molecular complexity index is 357. The maximum Gasteiger partial charge on any atom is 0.260 e. The monoisotopic (exact) mass is 237 g/mol. The van der Waals surface area contributed by atoms with E-state index in [2.05, 4.69) is 15.6 Å². The number of rotatable bonds is 2. The van der Waals surface area contributed by atoms with E-state index in [0.29, 0.717) is 5.84 Å². The number of piperidine rings is 1. The summed E-state index contributed by atoms with van der Waals surface area (Å²) in [6.07, 6.45) is 1.86. The highest BCUT2D eigenvalue weighted by atomic mass is 16.2. The molecule has 0 radical (unpaired) electrons. The van der Waals surface area contributed by atoms with Crippen molar-refractivity contribution in [2.45, 2.75) is 26.7 Å². The van der Waals surface area contributed by atoms with Gasteiger partial charge in [0.05, 0.1) is 0 Å². The largest absolute Gasteiger partial charge is 0.317 e. The Morgan fingerprint density at radius 1 is 1.24 bits per heavy atom. The second-order valence-electron chi connectivity index (χ2n) is 5.07. The molecule has 1 fully saturated rings. The summed E-state index contributed by atoms with van der Waals surface area (Å²) in [7, 11) is 0. The first-order valence-corrected chi connectivity index (χ1v) is 6.23. The van der Waals surface area contributed by atoms with Crippen molar-refractivity contribution in [3.63, 3.8) is 0 Å². The van der Waals surface area contributed by atoms with Crippen LogP contribution in [0.4, 0.5) is 0 Å². The highest BCUT2D eigenvalue weighted by Crippen LogP contribution is 2.20. The second kappa shape index (κ2) is 4.96. The summed E-state index contributed by atoms with van der Waals surface area (Å²) in [6.45, 7) is 5.57. The van der Waals surface area contributed by atoms with Crippen LogP contribution in [0, 0.1) is 17.8 Å². The fourth-order valence-electron chi connectivity index (χ4n) is 2.41. The number of nitrogens with zero attached hydrogens (tertiary/aromatic N) is 1. The van der Waals surface area contributed by atoms with Crippen LogP contribution in [0.25, 0.3) is 0 Å². The Morgan fingerprint density at radius 3 is 2.41 bits per heavy atom. The van der Waals surface area contributed by atoms with Crippen LogP contribution in [-0.2, 0) is 9.59 Å². The molecule has 0 aromatic rings. The molecular weight excluding hydrogens is 218 g/mol. The Labute approximate surface area is 101 Å². The number of carbonyl (C=O) groups excluding carboxylic acids is 2. The summed E-state index contributed by atoms with van der Waals surface area (Å²) in [5.74, 6) is -0.275. The molecule has 94 valence electrons. The molecular formula is C12H19N3O2. The molecule has 0 aliphatic carbocycles. The van der Waals surface area contributed by atoms with Gasteiger partial charge in [0.25, 0.3) is 5.91 Å². The molecule has 0 bridgehead atoms. The highest BCUT2D eigenvalue weighted by Gasteiger charge is 2.36. The molecule has 2 N–H and O–H groups in total. The van der Waals surface area contributed by atoms with E-state index < -0.39 is 5.92 Å². The third-order valence-electron chi connectivity index (χ3n) is 3.42. The molecule has 0 spiro atoms. The molecule has 0 aromatic carbocycles. The fourth-order valence-corrected chi connectivity index (χ4v) is 2.41. The van der Waals surface area contributed by atoms with E-state index in [1.165, 1.54) is 0 Å². The second-order valence-corrected chi connectivity index (χ2v) is 5.07. The maximum absolute atomic E-state index is 11.9. The van der Waals surface area contributed by atoms with Gasteiger partial charge in [0.15, 0.2) is 0 Å². The Kier molecular flexibility index (Phi) is 3.57. The van der Waals surface area contributed by atoms with Crippen molar-refractivity contribution < 1.29 is 9.59 Å². The Morgan fingerprint density at radius 2 is 1.88 bits per heavy atom. The minimum Gasteiger partial charge on any atom is -0.317 e. The number of hydrogen-bond donors (Lipinski definition) is 2. The van der Waals surface area contributed by atoms with Gasteiger partial charge in [0, 0.05) is 5.92 Å². The maximum atomic E-state index is 11.9. The third kappa shape index (κ3) is 2.54. The molecule has 5 nitrogen and oxygen atoms in total. The summed E-state index contributed by atoms with van der Waals surface area (Å²) in [6, 6.07) is 0. The van der Waals surface area contributed by atoms with Gasteiger partial charge >= 0.3 is 0 Å². The zero-order valence-corrected chi connectivity index (χ0v) is 10.3. The van der Waals surface area contributed by atoms with Crippen LogP contribution in [0.5, 0.6) is 0 Å². The molecule has 2 amide bonds. The van der Waals surface area contributed by atoms with Gasteiger partial charge in [-0.15, -0.1) is 0 Å². The van der Waals surface area contributed by atoms with Crippen LogP contribution in [0.15, 0.2) is 4.99 Å². The van der Waals surface area contributed by atoms with Gasteiger partial charge in [-0.05, 0) is 31.8 Å². The number of amides is 2. The average molecular weight is 237 g/mol. The van der Waals surface area contributed by atoms with E-state index in [4.69, 9.17) is 0 Å². The van der Waals surface area contributed by atoms with Gasteiger partial charge in [-0.3, -0.25) is 9.59 Å². The standard InChI is InChI=1S/C12H19N3O2/c1-7(2)9-11(16)14-10(15-12(9)17)8-3-5-13-6-4-8/h7-9,13H,3-6H2,1-2H3,(H,14,15,16,17). The van der Waals surface area contributed by atoms with Crippen LogP contribution in [0.2, 0.25) is 0 Å². The molecule has 1 unspecified atom stereocenters. The SMILES string of the molecule is CC(C)C1C(=O)N=C(C2CCNCC2)NC1=O. The smallest absolute Gasteiger partial charge is 0.260 e. The van der Waals surface area contributed by atoms with Gasteiger partial charge in [-0.2, -0.15) is 4.99 Å². The molecule has 2 aliphatic rings. The third-order valence-corrected chi connectivity index (χ3v) is 3.42. The lowest BCUT2D eigenvalue weighted by Crippen LogP contribution is -2.50. The van der Waals surface area contributed by atoms with Gasteiger partial charge in [-0.1, -0.05) is 13.8 Å². The summed E-state index contributed by atoms with van der Waals surface area (Å²) >= 11 is 0.